The van der Waals surface area contributed by atoms with E-state index in [9.17, 15) is 9.90 Å². The van der Waals surface area contributed by atoms with Crippen LogP contribution < -0.4 is 14.2 Å². The third-order valence-electron chi connectivity index (χ3n) is 4.98. The maximum Gasteiger partial charge on any atom is 0.307 e. The number of piperidine rings is 1. The third-order valence-corrected chi connectivity index (χ3v) is 5.91. The Kier molecular flexibility index (Phi) is 6.23. The van der Waals surface area contributed by atoms with Gasteiger partial charge in [-0.3, -0.25) is 9.69 Å². The summed E-state index contributed by atoms with van der Waals surface area (Å²) in [5.74, 6) is 0.675. The highest BCUT2D eigenvalue weighted by molar-refractivity contribution is 7.10. The molecule has 1 aromatic heterocycles. The second-order valence-electron chi connectivity index (χ2n) is 6.55. The normalized spacial score (nSPS) is 18.7. The van der Waals surface area contributed by atoms with E-state index in [0.717, 1.165) is 29.8 Å². The van der Waals surface area contributed by atoms with Gasteiger partial charge in [-0.1, -0.05) is 6.07 Å². The van der Waals surface area contributed by atoms with E-state index in [1.165, 1.54) is 0 Å². The summed E-state index contributed by atoms with van der Waals surface area (Å²) in [4.78, 5) is 15.0. The van der Waals surface area contributed by atoms with Crippen molar-refractivity contribution in [3.05, 3.63) is 40.1 Å². The molecule has 7 heteroatoms. The number of hydrogen-bond donors (Lipinski definition) is 1. The second-order valence-corrected chi connectivity index (χ2v) is 7.53. The Morgan fingerprint density at radius 2 is 1.93 bits per heavy atom. The molecular formula is C20H25NO5S. The summed E-state index contributed by atoms with van der Waals surface area (Å²) in [6, 6.07) is 7.96. The lowest BCUT2D eigenvalue weighted by molar-refractivity contribution is -0.143. The molecule has 2 unspecified atom stereocenters. The number of carboxylic acids is 1. The molecule has 0 bridgehead atoms. The van der Waals surface area contributed by atoms with E-state index in [4.69, 9.17) is 14.2 Å². The van der Waals surface area contributed by atoms with Gasteiger partial charge in [-0.25, -0.2) is 0 Å². The van der Waals surface area contributed by atoms with Gasteiger partial charge in [-0.15, -0.1) is 11.3 Å². The maximum atomic E-state index is 11.5. The number of carbonyl (C=O) groups is 1. The summed E-state index contributed by atoms with van der Waals surface area (Å²) in [6.07, 6.45) is 1.58. The molecule has 1 aliphatic rings. The number of ether oxygens (including phenoxy) is 3. The smallest absolute Gasteiger partial charge is 0.307 e. The van der Waals surface area contributed by atoms with Gasteiger partial charge in [0.25, 0.3) is 0 Å². The van der Waals surface area contributed by atoms with Crippen molar-refractivity contribution in [3.8, 4) is 17.2 Å². The molecule has 1 aromatic carbocycles. The van der Waals surface area contributed by atoms with E-state index in [0.29, 0.717) is 23.8 Å². The van der Waals surface area contributed by atoms with Crippen molar-refractivity contribution in [2.75, 3.05) is 34.4 Å². The molecule has 27 heavy (non-hydrogen) atoms. The number of carboxylic acid groups (broad SMARTS) is 1. The maximum absolute atomic E-state index is 11.5. The standard InChI is InChI=1S/C20H25NO5S/c1-24-15-10-14(11-16(25-2)19(15)26-3)18(17-7-5-9-27-17)21-8-4-6-13(12-21)20(22)23/h5,7,9-11,13,18H,4,6,8,12H2,1-3H3,(H,22,23). The van der Waals surface area contributed by atoms with E-state index in [1.807, 2.05) is 23.6 Å². The largest absolute Gasteiger partial charge is 0.493 e. The summed E-state index contributed by atoms with van der Waals surface area (Å²) >= 11 is 1.66. The fourth-order valence-corrected chi connectivity index (χ4v) is 4.59. The highest BCUT2D eigenvalue weighted by Crippen LogP contribution is 2.43. The molecule has 0 radical (unpaired) electrons. The SMILES string of the molecule is COc1cc(C(c2cccs2)N2CCCC(C(=O)O)C2)cc(OC)c1OC. The molecule has 1 fully saturated rings. The minimum absolute atomic E-state index is 0.0548. The van der Waals surface area contributed by atoms with E-state index in [-0.39, 0.29) is 12.0 Å². The zero-order chi connectivity index (χ0) is 19.4. The van der Waals surface area contributed by atoms with Crippen molar-refractivity contribution in [1.82, 2.24) is 4.90 Å². The molecule has 3 rings (SSSR count). The topological polar surface area (TPSA) is 68.2 Å². The average molecular weight is 391 g/mol. The Balaban J connectivity index is 2.05. The Bertz CT molecular complexity index is 752. The number of rotatable bonds is 7. The van der Waals surface area contributed by atoms with Gasteiger partial charge in [-0.2, -0.15) is 0 Å². The van der Waals surface area contributed by atoms with Crippen molar-refractivity contribution >= 4 is 17.3 Å². The summed E-state index contributed by atoms with van der Waals surface area (Å²) in [5.41, 5.74) is 0.998. The van der Waals surface area contributed by atoms with Crippen LogP contribution in [0.25, 0.3) is 0 Å². The van der Waals surface area contributed by atoms with Crippen LogP contribution in [0.15, 0.2) is 29.6 Å². The minimum Gasteiger partial charge on any atom is -0.493 e. The van der Waals surface area contributed by atoms with Gasteiger partial charge in [0.1, 0.15) is 0 Å². The van der Waals surface area contributed by atoms with Crippen molar-refractivity contribution in [3.63, 3.8) is 0 Å². The fraction of sp³-hybridized carbons (Fsp3) is 0.450. The number of nitrogens with zero attached hydrogens (tertiary/aromatic N) is 1. The van der Waals surface area contributed by atoms with Gasteiger partial charge in [0.05, 0.1) is 33.3 Å². The zero-order valence-corrected chi connectivity index (χ0v) is 16.6. The van der Waals surface area contributed by atoms with Crippen LogP contribution in [0.2, 0.25) is 0 Å². The molecule has 0 saturated carbocycles. The minimum atomic E-state index is -0.727. The summed E-state index contributed by atoms with van der Waals surface area (Å²) in [7, 11) is 4.78. The Hall–Kier alpha value is -2.25. The van der Waals surface area contributed by atoms with Crippen LogP contribution in [0, 0.1) is 5.92 Å². The van der Waals surface area contributed by atoms with Crippen LogP contribution in [0.1, 0.15) is 29.3 Å². The average Bonchev–Trinajstić information content (AvgIpc) is 3.21. The van der Waals surface area contributed by atoms with Crippen LogP contribution in [-0.4, -0.2) is 50.4 Å². The fourth-order valence-electron chi connectivity index (χ4n) is 3.70. The van der Waals surface area contributed by atoms with Crippen molar-refractivity contribution in [2.45, 2.75) is 18.9 Å². The lowest BCUT2D eigenvalue weighted by Crippen LogP contribution is -2.41. The lowest BCUT2D eigenvalue weighted by Gasteiger charge is -2.37. The van der Waals surface area contributed by atoms with Gasteiger partial charge in [-0.05, 0) is 48.5 Å². The molecule has 6 nitrogen and oxygen atoms in total. The van der Waals surface area contributed by atoms with Crippen LogP contribution in [0.5, 0.6) is 17.2 Å². The van der Waals surface area contributed by atoms with Crippen molar-refractivity contribution < 1.29 is 24.1 Å². The monoisotopic (exact) mass is 391 g/mol. The number of aliphatic carboxylic acids is 1. The number of thiophene rings is 1. The molecule has 1 aliphatic heterocycles. The molecule has 146 valence electrons. The molecule has 2 atom stereocenters. The lowest BCUT2D eigenvalue weighted by atomic mass is 9.94. The van der Waals surface area contributed by atoms with Crippen molar-refractivity contribution in [1.29, 1.82) is 0 Å². The predicted octanol–water partition coefficient (Wildman–Crippen LogP) is 3.66. The molecule has 2 aromatic rings. The van der Waals surface area contributed by atoms with Gasteiger partial charge < -0.3 is 19.3 Å². The number of hydrogen-bond acceptors (Lipinski definition) is 6. The molecular weight excluding hydrogens is 366 g/mol. The highest BCUT2D eigenvalue weighted by atomic mass is 32.1. The summed E-state index contributed by atoms with van der Waals surface area (Å²) in [5, 5.41) is 11.5. The second kappa shape index (κ2) is 8.63. The molecule has 1 saturated heterocycles. The summed E-state index contributed by atoms with van der Waals surface area (Å²) < 4.78 is 16.5. The first-order valence-corrected chi connectivity index (χ1v) is 9.77. The molecule has 2 heterocycles. The number of likely N-dealkylation sites (tertiary alicyclic amines) is 1. The van der Waals surface area contributed by atoms with Crippen LogP contribution in [0.4, 0.5) is 0 Å². The molecule has 1 N–H and O–H groups in total. The van der Waals surface area contributed by atoms with Gasteiger partial charge >= 0.3 is 5.97 Å². The van der Waals surface area contributed by atoms with Gasteiger partial charge in [0, 0.05) is 11.4 Å². The van der Waals surface area contributed by atoms with Crippen LogP contribution in [0.3, 0.4) is 0 Å². The first-order chi connectivity index (χ1) is 13.1. The predicted molar refractivity (Wildman–Crippen MR) is 104 cm³/mol. The summed E-state index contributed by atoms with van der Waals surface area (Å²) in [6.45, 7) is 1.37. The van der Waals surface area contributed by atoms with E-state index in [1.54, 1.807) is 32.7 Å². The van der Waals surface area contributed by atoms with Crippen molar-refractivity contribution in [2.24, 2.45) is 5.92 Å². The Labute approximate surface area is 163 Å². The van der Waals surface area contributed by atoms with Gasteiger partial charge in [0.15, 0.2) is 11.5 Å². The first kappa shape index (κ1) is 19.5. The molecule has 0 amide bonds. The molecule has 0 spiro atoms. The number of methoxy groups -OCH3 is 3. The number of benzene rings is 1. The van der Waals surface area contributed by atoms with Gasteiger partial charge in [0.2, 0.25) is 5.75 Å². The Morgan fingerprint density at radius 3 is 2.44 bits per heavy atom. The zero-order valence-electron chi connectivity index (χ0n) is 15.8. The quantitative estimate of drug-likeness (QED) is 0.777. The third kappa shape index (κ3) is 4.04. The van der Waals surface area contributed by atoms with E-state index in [2.05, 4.69) is 11.0 Å². The first-order valence-electron chi connectivity index (χ1n) is 8.89. The van der Waals surface area contributed by atoms with E-state index >= 15 is 0 Å². The van der Waals surface area contributed by atoms with Crippen LogP contribution >= 0.6 is 11.3 Å². The van der Waals surface area contributed by atoms with Crippen LogP contribution in [-0.2, 0) is 4.79 Å². The highest BCUT2D eigenvalue weighted by Gasteiger charge is 2.32. The molecule has 0 aliphatic carbocycles. The Morgan fingerprint density at radius 1 is 1.22 bits per heavy atom. The van der Waals surface area contributed by atoms with E-state index < -0.39 is 5.97 Å².